The van der Waals surface area contributed by atoms with Crippen molar-refractivity contribution in [3.63, 3.8) is 0 Å². The summed E-state index contributed by atoms with van der Waals surface area (Å²) in [7, 11) is -4.06. The standard InChI is InChI=1S/C11H15F2NO3S2/c1-11(15,7-18-2)6-14-19(16,17)10-4-8(12)3-9(13)5-10/h3-5,14-15H,6-7H2,1-2H3. The Morgan fingerprint density at radius 1 is 1.32 bits per heavy atom. The Labute approximate surface area is 115 Å². The van der Waals surface area contributed by atoms with Crippen LogP contribution in [0.1, 0.15) is 6.92 Å². The molecule has 0 saturated carbocycles. The predicted octanol–water partition coefficient (Wildman–Crippen LogP) is 1.36. The highest BCUT2D eigenvalue weighted by molar-refractivity contribution is 7.98. The van der Waals surface area contributed by atoms with Crippen LogP contribution in [0.4, 0.5) is 8.78 Å². The lowest BCUT2D eigenvalue weighted by molar-refractivity contribution is 0.0908. The van der Waals surface area contributed by atoms with Gasteiger partial charge in [0.1, 0.15) is 11.6 Å². The van der Waals surface area contributed by atoms with Gasteiger partial charge in [-0.2, -0.15) is 11.8 Å². The molecule has 4 nitrogen and oxygen atoms in total. The van der Waals surface area contributed by atoms with Gasteiger partial charge in [-0.3, -0.25) is 0 Å². The van der Waals surface area contributed by atoms with Gasteiger partial charge >= 0.3 is 0 Å². The van der Waals surface area contributed by atoms with Crippen LogP contribution in [-0.4, -0.2) is 37.7 Å². The van der Waals surface area contributed by atoms with E-state index in [1.165, 1.54) is 18.7 Å². The average Bonchev–Trinajstić information content (AvgIpc) is 2.25. The second-order valence-electron chi connectivity index (χ2n) is 4.36. The van der Waals surface area contributed by atoms with E-state index >= 15 is 0 Å². The molecule has 0 aliphatic rings. The summed E-state index contributed by atoms with van der Waals surface area (Å²) >= 11 is 1.36. The van der Waals surface area contributed by atoms with Crippen LogP contribution < -0.4 is 4.72 Å². The summed E-state index contributed by atoms with van der Waals surface area (Å²) in [5, 5.41) is 9.84. The number of hydrogen-bond acceptors (Lipinski definition) is 4. The first-order valence-electron chi connectivity index (χ1n) is 5.33. The van der Waals surface area contributed by atoms with Gasteiger partial charge in [0.25, 0.3) is 0 Å². The third-order valence-electron chi connectivity index (χ3n) is 2.24. The Hall–Kier alpha value is -0.700. The van der Waals surface area contributed by atoms with E-state index in [1.54, 1.807) is 6.26 Å². The molecule has 0 aromatic heterocycles. The summed E-state index contributed by atoms with van der Waals surface area (Å²) in [6.45, 7) is 1.23. The third-order valence-corrected chi connectivity index (χ3v) is 4.54. The summed E-state index contributed by atoms with van der Waals surface area (Å²) < 4.78 is 51.7. The predicted molar refractivity (Wildman–Crippen MR) is 70.6 cm³/mol. The van der Waals surface area contributed by atoms with Gasteiger partial charge in [-0.25, -0.2) is 21.9 Å². The quantitative estimate of drug-likeness (QED) is 0.832. The summed E-state index contributed by atoms with van der Waals surface area (Å²) in [6, 6.07) is 2.02. The molecule has 0 fully saturated rings. The molecule has 0 spiro atoms. The van der Waals surface area contributed by atoms with Crippen LogP contribution in [0.15, 0.2) is 23.1 Å². The van der Waals surface area contributed by atoms with Crippen LogP contribution in [0.2, 0.25) is 0 Å². The van der Waals surface area contributed by atoms with Crippen LogP contribution in [0.25, 0.3) is 0 Å². The Balaban J connectivity index is 2.87. The molecule has 1 rings (SSSR count). The first-order chi connectivity index (χ1) is 8.66. The molecule has 0 amide bonds. The molecule has 8 heteroatoms. The Kier molecular flexibility index (Phi) is 5.31. The maximum absolute atomic E-state index is 13.0. The molecular formula is C11H15F2NO3S2. The number of thioether (sulfide) groups is 1. The Morgan fingerprint density at radius 2 is 1.84 bits per heavy atom. The lowest BCUT2D eigenvalue weighted by Crippen LogP contribution is -2.42. The molecular weight excluding hydrogens is 296 g/mol. The first kappa shape index (κ1) is 16.4. The van der Waals surface area contributed by atoms with Crippen molar-refractivity contribution in [2.75, 3.05) is 18.6 Å². The fourth-order valence-corrected chi connectivity index (χ4v) is 3.31. The fourth-order valence-electron chi connectivity index (χ4n) is 1.38. The number of nitrogens with one attached hydrogen (secondary N) is 1. The Morgan fingerprint density at radius 3 is 2.32 bits per heavy atom. The summed E-state index contributed by atoms with van der Waals surface area (Å²) in [5.41, 5.74) is -1.24. The maximum atomic E-state index is 13.0. The third kappa shape index (κ3) is 5.06. The molecule has 1 atom stereocenters. The van der Waals surface area contributed by atoms with E-state index in [2.05, 4.69) is 4.72 Å². The fraction of sp³-hybridized carbons (Fsp3) is 0.455. The number of aliphatic hydroxyl groups is 1. The van der Waals surface area contributed by atoms with Gasteiger partial charge in [0, 0.05) is 18.4 Å². The maximum Gasteiger partial charge on any atom is 0.240 e. The van der Waals surface area contributed by atoms with Gasteiger partial charge in [-0.1, -0.05) is 0 Å². The lowest BCUT2D eigenvalue weighted by Gasteiger charge is -2.22. The van der Waals surface area contributed by atoms with Gasteiger partial charge in [-0.15, -0.1) is 0 Å². The van der Waals surface area contributed by atoms with E-state index < -0.39 is 32.2 Å². The van der Waals surface area contributed by atoms with E-state index in [9.17, 15) is 22.3 Å². The van der Waals surface area contributed by atoms with Crippen LogP contribution in [0, 0.1) is 11.6 Å². The normalized spacial score (nSPS) is 15.2. The topological polar surface area (TPSA) is 66.4 Å². The zero-order valence-corrected chi connectivity index (χ0v) is 12.1. The molecule has 2 N–H and O–H groups in total. The van der Waals surface area contributed by atoms with Gasteiger partial charge in [-0.05, 0) is 25.3 Å². The smallest absolute Gasteiger partial charge is 0.240 e. The van der Waals surface area contributed by atoms with Crippen molar-refractivity contribution in [1.29, 1.82) is 0 Å². The summed E-state index contributed by atoms with van der Waals surface area (Å²) in [5.74, 6) is -1.62. The zero-order valence-electron chi connectivity index (χ0n) is 10.5. The number of halogens is 2. The van der Waals surface area contributed by atoms with Gasteiger partial charge < -0.3 is 5.11 Å². The minimum Gasteiger partial charge on any atom is -0.388 e. The minimum absolute atomic E-state index is 0.242. The molecule has 1 unspecified atom stereocenters. The molecule has 1 aromatic rings. The second kappa shape index (κ2) is 6.17. The van der Waals surface area contributed by atoms with Crippen molar-refractivity contribution in [2.45, 2.75) is 17.4 Å². The minimum atomic E-state index is -4.06. The van der Waals surface area contributed by atoms with Crippen LogP contribution in [0.5, 0.6) is 0 Å². The van der Waals surface area contributed by atoms with Crippen molar-refractivity contribution in [3.05, 3.63) is 29.8 Å². The van der Waals surface area contributed by atoms with E-state index in [0.29, 0.717) is 24.0 Å². The van der Waals surface area contributed by atoms with E-state index in [4.69, 9.17) is 0 Å². The van der Waals surface area contributed by atoms with Gasteiger partial charge in [0.2, 0.25) is 10.0 Å². The second-order valence-corrected chi connectivity index (χ2v) is 6.99. The van der Waals surface area contributed by atoms with Gasteiger partial charge in [0.05, 0.1) is 10.5 Å². The molecule has 0 radical (unpaired) electrons. The monoisotopic (exact) mass is 311 g/mol. The van der Waals surface area contributed by atoms with Crippen molar-refractivity contribution in [1.82, 2.24) is 4.72 Å². The highest BCUT2D eigenvalue weighted by Crippen LogP contribution is 2.15. The molecule has 0 bridgehead atoms. The lowest BCUT2D eigenvalue weighted by atomic mass is 10.1. The molecule has 19 heavy (non-hydrogen) atoms. The van der Waals surface area contributed by atoms with Crippen LogP contribution in [0.3, 0.4) is 0 Å². The zero-order chi connectivity index (χ0) is 14.7. The highest BCUT2D eigenvalue weighted by atomic mass is 32.2. The number of rotatable bonds is 6. The van der Waals surface area contributed by atoms with E-state index in [1.807, 2.05) is 0 Å². The first-order valence-corrected chi connectivity index (χ1v) is 8.21. The molecule has 0 aliphatic heterocycles. The largest absolute Gasteiger partial charge is 0.388 e. The highest BCUT2D eigenvalue weighted by Gasteiger charge is 2.24. The van der Waals surface area contributed by atoms with Crippen molar-refractivity contribution in [2.24, 2.45) is 0 Å². The van der Waals surface area contributed by atoms with E-state index in [-0.39, 0.29) is 6.54 Å². The molecule has 0 saturated heterocycles. The summed E-state index contributed by atoms with van der Waals surface area (Å²) in [4.78, 5) is -0.509. The summed E-state index contributed by atoms with van der Waals surface area (Å²) in [6.07, 6.45) is 1.77. The van der Waals surface area contributed by atoms with Crippen molar-refractivity contribution in [3.8, 4) is 0 Å². The molecule has 0 heterocycles. The van der Waals surface area contributed by atoms with Gasteiger partial charge in [0.15, 0.2) is 0 Å². The SMILES string of the molecule is CSCC(C)(O)CNS(=O)(=O)c1cc(F)cc(F)c1. The number of benzene rings is 1. The van der Waals surface area contributed by atoms with E-state index in [0.717, 1.165) is 0 Å². The average molecular weight is 311 g/mol. The van der Waals surface area contributed by atoms with Crippen LogP contribution in [-0.2, 0) is 10.0 Å². The Bertz CT molecular complexity index is 527. The van der Waals surface area contributed by atoms with Crippen molar-refractivity contribution < 1.29 is 22.3 Å². The van der Waals surface area contributed by atoms with Crippen molar-refractivity contribution >= 4 is 21.8 Å². The van der Waals surface area contributed by atoms with Crippen LogP contribution >= 0.6 is 11.8 Å². The number of hydrogen-bond donors (Lipinski definition) is 2. The number of sulfonamides is 1. The molecule has 1 aromatic carbocycles. The molecule has 0 aliphatic carbocycles. The molecule has 108 valence electrons.